The van der Waals surface area contributed by atoms with Crippen molar-refractivity contribution >= 4 is 0 Å². The minimum atomic E-state index is -3.47. The maximum Gasteiger partial charge on any atom is 0.278 e. The zero-order valence-electron chi connectivity index (χ0n) is 21.6. The zero-order valence-corrected chi connectivity index (χ0v) is 21.6. The molecule has 0 unspecified atom stereocenters. The molecule has 3 heterocycles. The van der Waals surface area contributed by atoms with Crippen LogP contribution in [0.5, 0.6) is 0 Å². The van der Waals surface area contributed by atoms with E-state index in [2.05, 4.69) is 34.0 Å². The van der Waals surface area contributed by atoms with Gasteiger partial charge in [-0.2, -0.15) is 5.10 Å². The standard InChI is InChI=1S/C28H25F4N5O2/c1-25(2)15-8-9-28(25,23-14(15)10-18(36-37-23)22-16(29)6-5-7-17(22)30)20-12-33-11-19(34-20)24-35-21(13-39-24)26(3,38)27(4,31)32/h5-7,10-13,15,38H,8-9H2,1-4H3/t15-,26+,28-/m0/s1. The fraction of sp³-hybridized carbons (Fsp3) is 0.393. The second-order valence-electron chi connectivity index (χ2n) is 11.1. The first kappa shape index (κ1) is 25.5. The molecule has 11 heteroatoms. The van der Waals surface area contributed by atoms with E-state index in [9.17, 15) is 22.7 Å². The number of rotatable bonds is 5. The van der Waals surface area contributed by atoms with E-state index >= 15 is 0 Å². The average Bonchev–Trinajstić information content (AvgIpc) is 3.52. The Hall–Kier alpha value is -3.73. The number of aromatic nitrogens is 5. The molecule has 3 aromatic heterocycles. The Balaban J connectivity index is 1.45. The third-order valence-corrected chi connectivity index (χ3v) is 8.75. The lowest BCUT2D eigenvalue weighted by atomic mass is 9.66. The molecule has 0 saturated heterocycles. The fourth-order valence-electron chi connectivity index (χ4n) is 6.27. The van der Waals surface area contributed by atoms with Crippen LogP contribution in [0.3, 0.4) is 0 Å². The molecule has 1 saturated carbocycles. The van der Waals surface area contributed by atoms with Gasteiger partial charge < -0.3 is 9.52 Å². The van der Waals surface area contributed by atoms with E-state index in [-0.39, 0.29) is 34.5 Å². The number of hydrogen-bond acceptors (Lipinski definition) is 7. The number of nitrogens with zero attached hydrogens (tertiary/aromatic N) is 5. The summed E-state index contributed by atoms with van der Waals surface area (Å²) in [6.45, 7) is 5.75. The Labute approximate surface area is 221 Å². The molecule has 2 aliphatic rings. The largest absolute Gasteiger partial charge is 0.443 e. The molecule has 7 nitrogen and oxygen atoms in total. The van der Waals surface area contributed by atoms with Gasteiger partial charge in [-0.3, -0.25) is 4.98 Å². The van der Waals surface area contributed by atoms with Crippen LogP contribution in [-0.4, -0.2) is 36.2 Å². The maximum absolute atomic E-state index is 14.5. The molecule has 4 aromatic rings. The quantitative estimate of drug-likeness (QED) is 0.314. The predicted molar refractivity (Wildman–Crippen MR) is 132 cm³/mol. The summed E-state index contributed by atoms with van der Waals surface area (Å²) in [5.74, 6) is -4.94. The van der Waals surface area contributed by atoms with Crippen LogP contribution in [-0.2, 0) is 11.0 Å². The van der Waals surface area contributed by atoms with Gasteiger partial charge in [0.1, 0.15) is 29.3 Å². The summed E-state index contributed by atoms with van der Waals surface area (Å²) < 4.78 is 62.4. The minimum Gasteiger partial charge on any atom is -0.443 e. The molecule has 3 atom stereocenters. The molecule has 1 aromatic carbocycles. The smallest absolute Gasteiger partial charge is 0.278 e. The first-order valence-electron chi connectivity index (χ1n) is 12.5. The Morgan fingerprint density at radius 2 is 1.74 bits per heavy atom. The van der Waals surface area contributed by atoms with Crippen LogP contribution in [0.25, 0.3) is 22.8 Å². The van der Waals surface area contributed by atoms with Crippen molar-refractivity contribution < 1.29 is 27.1 Å². The van der Waals surface area contributed by atoms with Gasteiger partial charge in [0.2, 0.25) is 5.89 Å². The highest BCUT2D eigenvalue weighted by Gasteiger charge is 2.65. The van der Waals surface area contributed by atoms with Gasteiger partial charge in [0, 0.05) is 13.1 Å². The number of halogens is 4. The Bertz CT molecular complexity index is 1590. The van der Waals surface area contributed by atoms with Crippen molar-refractivity contribution in [2.45, 2.75) is 63.4 Å². The van der Waals surface area contributed by atoms with Gasteiger partial charge in [0.25, 0.3) is 5.92 Å². The van der Waals surface area contributed by atoms with E-state index in [1.165, 1.54) is 24.4 Å². The highest BCUT2D eigenvalue weighted by molar-refractivity contribution is 5.64. The lowest BCUT2D eigenvalue weighted by Crippen LogP contribution is -2.40. The van der Waals surface area contributed by atoms with Crippen LogP contribution in [0.1, 0.15) is 69.1 Å². The van der Waals surface area contributed by atoms with Crippen LogP contribution >= 0.6 is 0 Å². The van der Waals surface area contributed by atoms with Gasteiger partial charge in [-0.05, 0) is 54.9 Å². The van der Waals surface area contributed by atoms with Crippen molar-refractivity contribution in [1.82, 2.24) is 25.1 Å². The summed E-state index contributed by atoms with van der Waals surface area (Å²) in [7, 11) is 0. The van der Waals surface area contributed by atoms with E-state index in [0.717, 1.165) is 25.2 Å². The lowest BCUT2D eigenvalue weighted by Gasteiger charge is -2.37. The van der Waals surface area contributed by atoms with Gasteiger partial charge in [-0.25, -0.2) is 27.5 Å². The van der Waals surface area contributed by atoms with Crippen LogP contribution in [0, 0.1) is 17.0 Å². The fourth-order valence-corrected chi connectivity index (χ4v) is 6.27. The molecule has 202 valence electrons. The molecule has 1 fully saturated rings. The number of fused-ring (bicyclic) bond motifs is 5. The first-order chi connectivity index (χ1) is 18.3. The van der Waals surface area contributed by atoms with Gasteiger partial charge >= 0.3 is 0 Å². The van der Waals surface area contributed by atoms with Crippen molar-refractivity contribution in [3.63, 3.8) is 0 Å². The van der Waals surface area contributed by atoms with Crippen molar-refractivity contribution in [2.75, 3.05) is 0 Å². The summed E-state index contributed by atoms with van der Waals surface area (Å²) >= 11 is 0. The van der Waals surface area contributed by atoms with E-state index in [4.69, 9.17) is 9.40 Å². The number of alkyl halides is 2. The van der Waals surface area contributed by atoms with E-state index < -0.39 is 34.0 Å². The van der Waals surface area contributed by atoms with Gasteiger partial charge in [-0.1, -0.05) is 19.9 Å². The first-order valence-corrected chi connectivity index (χ1v) is 12.5. The average molecular weight is 540 g/mol. The summed E-state index contributed by atoms with van der Waals surface area (Å²) in [5.41, 5.74) is -1.82. The van der Waals surface area contributed by atoms with E-state index in [0.29, 0.717) is 24.7 Å². The minimum absolute atomic E-state index is 0.0252. The Morgan fingerprint density at radius 3 is 2.44 bits per heavy atom. The number of hydrogen-bond donors (Lipinski definition) is 1. The van der Waals surface area contributed by atoms with E-state index in [1.54, 1.807) is 12.3 Å². The molecule has 0 spiro atoms. The predicted octanol–water partition coefficient (Wildman–Crippen LogP) is 5.93. The van der Waals surface area contributed by atoms with E-state index in [1.807, 2.05) is 0 Å². The normalized spacial score (nSPS) is 23.1. The molecule has 1 N–H and O–H groups in total. The van der Waals surface area contributed by atoms with Crippen LogP contribution in [0.15, 0.2) is 47.3 Å². The van der Waals surface area contributed by atoms with Crippen LogP contribution < -0.4 is 0 Å². The van der Waals surface area contributed by atoms with Crippen LogP contribution in [0.2, 0.25) is 0 Å². The van der Waals surface area contributed by atoms with Crippen molar-refractivity contribution in [2.24, 2.45) is 5.41 Å². The number of aliphatic hydroxyl groups is 1. The zero-order chi connectivity index (χ0) is 28.0. The van der Waals surface area contributed by atoms with Gasteiger partial charge in [-0.15, -0.1) is 5.10 Å². The summed E-state index contributed by atoms with van der Waals surface area (Å²) in [5, 5.41) is 19.1. The Morgan fingerprint density at radius 1 is 1.03 bits per heavy atom. The molecule has 2 aliphatic carbocycles. The van der Waals surface area contributed by atoms with Crippen LogP contribution in [0.4, 0.5) is 17.6 Å². The topological polar surface area (TPSA) is 97.8 Å². The third-order valence-electron chi connectivity index (χ3n) is 8.75. The monoisotopic (exact) mass is 539 g/mol. The molecule has 2 bridgehead atoms. The van der Waals surface area contributed by atoms with Gasteiger partial charge in [0.05, 0.1) is 34.3 Å². The Kier molecular flexibility index (Phi) is 5.33. The number of oxazole rings is 1. The van der Waals surface area contributed by atoms with Crippen molar-refractivity contribution in [3.05, 3.63) is 77.2 Å². The molecule has 39 heavy (non-hydrogen) atoms. The SMILES string of the molecule is CC1(C)[C@H]2CC[C@]1(c1cncc(-c3nc([C@@](C)(O)C(C)(F)F)co3)n1)c1nnc(-c3c(F)cccc3F)cc12. The molecular weight excluding hydrogens is 514 g/mol. The summed E-state index contributed by atoms with van der Waals surface area (Å²) in [6, 6.07) is 5.37. The lowest BCUT2D eigenvalue weighted by molar-refractivity contribution is -0.167. The maximum atomic E-state index is 14.5. The second kappa shape index (κ2) is 8.14. The highest BCUT2D eigenvalue weighted by atomic mass is 19.3. The summed E-state index contributed by atoms with van der Waals surface area (Å²) in [6.07, 6.45) is 5.48. The molecular formula is C28H25F4N5O2. The third kappa shape index (κ3) is 3.41. The molecule has 6 rings (SSSR count). The summed E-state index contributed by atoms with van der Waals surface area (Å²) in [4.78, 5) is 13.2. The molecule has 0 amide bonds. The molecule has 0 aliphatic heterocycles. The van der Waals surface area contributed by atoms with Crippen molar-refractivity contribution in [3.8, 4) is 22.8 Å². The molecule has 0 radical (unpaired) electrons. The number of benzene rings is 1. The van der Waals surface area contributed by atoms with Gasteiger partial charge in [0.15, 0.2) is 5.60 Å². The van der Waals surface area contributed by atoms with Crippen molar-refractivity contribution in [1.29, 1.82) is 0 Å². The second-order valence-corrected chi connectivity index (χ2v) is 11.1. The highest BCUT2D eigenvalue weighted by Crippen LogP contribution is 2.69.